The Kier molecular flexibility index (Phi) is 4.25. The van der Waals surface area contributed by atoms with E-state index in [-0.39, 0.29) is 5.75 Å². The topological polar surface area (TPSA) is 62.4 Å². The lowest BCUT2D eigenvalue weighted by molar-refractivity contribution is 0.475. The Morgan fingerprint density at radius 3 is 2.60 bits per heavy atom. The molecular formula is C16H21N3O. The molecule has 0 fully saturated rings. The summed E-state index contributed by atoms with van der Waals surface area (Å²) < 4.78 is 0. The lowest BCUT2D eigenvalue weighted by Gasteiger charge is -2.25. The fraction of sp³-hybridized carbons (Fsp3) is 0.312. The maximum absolute atomic E-state index is 9.72. The van der Waals surface area contributed by atoms with E-state index in [1.807, 2.05) is 32.0 Å². The first-order chi connectivity index (χ1) is 9.55. The van der Waals surface area contributed by atoms with E-state index >= 15 is 0 Å². The summed E-state index contributed by atoms with van der Waals surface area (Å²) in [5.74, 6) is 1.12. The SMILES string of the molecule is CCN(c1cc(CN)cc(C)n1)c1cc(O)ccc1C. The Morgan fingerprint density at radius 2 is 1.95 bits per heavy atom. The number of aryl methyl sites for hydroxylation is 2. The number of benzene rings is 1. The lowest BCUT2D eigenvalue weighted by Crippen LogP contribution is -2.19. The van der Waals surface area contributed by atoms with Crippen LogP contribution >= 0.6 is 0 Å². The van der Waals surface area contributed by atoms with Crippen molar-refractivity contribution in [3.63, 3.8) is 0 Å². The molecule has 0 radical (unpaired) electrons. The second kappa shape index (κ2) is 5.92. The second-order valence-electron chi connectivity index (χ2n) is 4.89. The molecule has 0 aliphatic heterocycles. The van der Waals surface area contributed by atoms with Crippen molar-refractivity contribution in [2.24, 2.45) is 5.73 Å². The molecule has 4 heteroatoms. The minimum absolute atomic E-state index is 0.260. The van der Waals surface area contributed by atoms with Crippen molar-refractivity contribution in [3.8, 4) is 5.75 Å². The molecule has 1 aromatic heterocycles. The molecular weight excluding hydrogens is 250 g/mol. The van der Waals surface area contributed by atoms with Crippen LogP contribution in [0.2, 0.25) is 0 Å². The van der Waals surface area contributed by atoms with Gasteiger partial charge in [-0.2, -0.15) is 0 Å². The number of anilines is 2. The van der Waals surface area contributed by atoms with Crippen molar-refractivity contribution >= 4 is 11.5 Å². The van der Waals surface area contributed by atoms with E-state index in [4.69, 9.17) is 5.73 Å². The fourth-order valence-electron chi connectivity index (χ4n) is 2.32. The number of nitrogens with zero attached hydrogens (tertiary/aromatic N) is 2. The zero-order valence-electron chi connectivity index (χ0n) is 12.2. The predicted molar refractivity (Wildman–Crippen MR) is 82.4 cm³/mol. The highest BCUT2D eigenvalue weighted by molar-refractivity contribution is 5.65. The Labute approximate surface area is 119 Å². The van der Waals surface area contributed by atoms with E-state index in [1.54, 1.807) is 12.1 Å². The van der Waals surface area contributed by atoms with Gasteiger partial charge in [-0.1, -0.05) is 6.07 Å². The summed E-state index contributed by atoms with van der Waals surface area (Å²) in [5.41, 5.74) is 9.80. The zero-order valence-corrected chi connectivity index (χ0v) is 12.2. The highest BCUT2D eigenvalue weighted by Crippen LogP contribution is 2.30. The average Bonchev–Trinajstić information content (AvgIpc) is 2.43. The van der Waals surface area contributed by atoms with Gasteiger partial charge in [0.2, 0.25) is 0 Å². The normalized spacial score (nSPS) is 10.6. The van der Waals surface area contributed by atoms with Crippen molar-refractivity contribution < 1.29 is 5.11 Å². The number of nitrogens with two attached hydrogens (primary N) is 1. The molecule has 0 aliphatic carbocycles. The molecule has 0 atom stereocenters. The molecule has 0 saturated carbocycles. The Balaban J connectivity index is 2.51. The van der Waals surface area contributed by atoms with Gasteiger partial charge < -0.3 is 15.7 Å². The third-order valence-corrected chi connectivity index (χ3v) is 3.31. The van der Waals surface area contributed by atoms with Crippen molar-refractivity contribution in [3.05, 3.63) is 47.2 Å². The number of hydrogen-bond donors (Lipinski definition) is 2. The number of rotatable bonds is 4. The molecule has 1 heterocycles. The van der Waals surface area contributed by atoms with Gasteiger partial charge in [0.15, 0.2) is 0 Å². The first kappa shape index (κ1) is 14.3. The number of aromatic nitrogens is 1. The fourth-order valence-corrected chi connectivity index (χ4v) is 2.32. The van der Waals surface area contributed by atoms with Gasteiger partial charge in [-0.15, -0.1) is 0 Å². The smallest absolute Gasteiger partial charge is 0.133 e. The van der Waals surface area contributed by atoms with Crippen LogP contribution in [-0.2, 0) is 6.54 Å². The highest BCUT2D eigenvalue weighted by Gasteiger charge is 2.13. The van der Waals surface area contributed by atoms with Crippen LogP contribution in [0.5, 0.6) is 5.75 Å². The molecule has 1 aromatic carbocycles. The zero-order chi connectivity index (χ0) is 14.7. The molecule has 0 saturated heterocycles. The summed E-state index contributed by atoms with van der Waals surface area (Å²) in [6.07, 6.45) is 0. The van der Waals surface area contributed by atoms with Gasteiger partial charge in [-0.25, -0.2) is 4.98 Å². The van der Waals surface area contributed by atoms with Gasteiger partial charge in [-0.05, 0) is 50.1 Å². The molecule has 0 aliphatic rings. The molecule has 4 nitrogen and oxygen atoms in total. The Bertz CT molecular complexity index is 611. The standard InChI is InChI=1S/C16H21N3O/c1-4-19(15-9-14(20)6-5-11(15)2)16-8-13(10-17)7-12(3)18-16/h5-9,20H,4,10,17H2,1-3H3. The van der Waals surface area contributed by atoms with Gasteiger partial charge in [0.05, 0.1) is 0 Å². The maximum Gasteiger partial charge on any atom is 0.133 e. The van der Waals surface area contributed by atoms with Crippen molar-refractivity contribution in [1.29, 1.82) is 0 Å². The van der Waals surface area contributed by atoms with E-state index < -0.39 is 0 Å². The summed E-state index contributed by atoms with van der Waals surface area (Å²) >= 11 is 0. The van der Waals surface area contributed by atoms with Crippen LogP contribution in [0.15, 0.2) is 30.3 Å². The molecule has 0 amide bonds. The third-order valence-electron chi connectivity index (χ3n) is 3.31. The molecule has 0 bridgehead atoms. The second-order valence-corrected chi connectivity index (χ2v) is 4.89. The van der Waals surface area contributed by atoms with Crippen molar-refractivity contribution in [2.75, 3.05) is 11.4 Å². The van der Waals surface area contributed by atoms with Gasteiger partial charge in [0, 0.05) is 30.5 Å². The van der Waals surface area contributed by atoms with E-state index in [0.717, 1.165) is 34.9 Å². The maximum atomic E-state index is 9.72. The summed E-state index contributed by atoms with van der Waals surface area (Å²) in [4.78, 5) is 6.67. The first-order valence-electron chi connectivity index (χ1n) is 6.80. The van der Waals surface area contributed by atoms with Crippen LogP contribution in [-0.4, -0.2) is 16.6 Å². The highest BCUT2D eigenvalue weighted by atomic mass is 16.3. The van der Waals surface area contributed by atoms with E-state index in [0.29, 0.717) is 6.54 Å². The van der Waals surface area contributed by atoms with E-state index in [2.05, 4.69) is 16.8 Å². The Hall–Kier alpha value is -2.07. The summed E-state index contributed by atoms with van der Waals surface area (Å²) in [7, 11) is 0. The number of hydrogen-bond acceptors (Lipinski definition) is 4. The molecule has 3 N–H and O–H groups in total. The monoisotopic (exact) mass is 271 g/mol. The Morgan fingerprint density at radius 1 is 1.20 bits per heavy atom. The van der Waals surface area contributed by atoms with Crippen LogP contribution in [0, 0.1) is 13.8 Å². The quantitative estimate of drug-likeness (QED) is 0.897. The summed E-state index contributed by atoms with van der Waals surface area (Å²) in [6, 6.07) is 9.37. The molecule has 20 heavy (non-hydrogen) atoms. The molecule has 0 spiro atoms. The van der Waals surface area contributed by atoms with Gasteiger partial charge in [0.25, 0.3) is 0 Å². The first-order valence-corrected chi connectivity index (χ1v) is 6.80. The van der Waals surface area contributed by atoms with Crippen LogP contribution < -0.4 is 10.6 Å². The largest absolute Gasteiger partial charge is 0.508 e. The van der Waals surface area contributed by atoms with Crippen molar-refractivity contribution in [1.82, 2.24) is 4.98 Å². The van der Waals surface area contributed by atoms with Gasteiger partial charge in [0.1, 0.15) is 11.6 Å². The molecule has 106 valence electrons. The third kappa shape index (κ3) is 2.91. The van der Waals surface area contributed by atoms with Crippen LogP contribution in [0.25, 0.3) is 0 Å². The minimum atomic E-state index is 0.260. The number of phenolic OH excluding ortho intramolecular Hbond substituents is 1. The number of aromatic hydroxyl groups is 1. The van der Waals surface area contributed by atoms with Crippen LogP contribution in [0.3, 0.4) is 0 Å². The van der Waals surface area contributed by atoms with Gasteiger partial charge >= 0.3 is 0 Å². The van der Waals surface area contributed by atoms with Crippen molar-refractivity contribution in [2.45, 2.75) is 27.3 Å². The van der Waals surface area contributed by atoms with Gasteiger partial charge in [-0.3, -0.25) is 0 Å². The minimum Gasteiger partial charge on any atom is -0.508 e. The summed E-state index contributed by atoms with van der Waals surface area (Å²) in [5, 5.41) is 9.72. The van der Waals surface area contributed by atoms with Crippen LogP contribution in [0.1, 0.15) is 23.7 Å². The van der Waals surface area contributed by atoms with Crippen LogP contribution in [0.4, 0.5) is 11.5 Å². The molecule has 0 unspecified atom stereocenters. The molecule has 2 aromatic rings. The average molecular weight is 271 g/mol. The van der Waals surface area contributed by atoms with E-state index in [9.17, 15) is 5.11 Å². The number of phenols is 1. The lowest BCUT2D eigenvalue weighted by atomic mass is 10.1. The predicted octanol–water partition coefficient (Wildman–Crippen LogP) is 3.02. The number of pyridine rings is 1. The summed E-state index contributed by atoms with van der Waals surface area (Å²) in [6.45, 7) is 7.32. The molecule has 2 rings (SSSR count). The van der Waals surface area contributed by atoms with E-state index in [1.165, 1.54) is 0 Å².